The van der Waals surface area contributed by atoms with E-state index in [0.717, 1.165) is 32.0 Å². The smallest absolute Gasteiger partial charge is 0.314 e. The molecule has 2 saturated heterocycles. The molecule has 3 rings (SSSR count). The van der Waals surface area contributed by atoms with E-state index < -0.39 is 0 Å². The van der Waals surface area contributed by atoms with Crippen LogP contribution in [0.2, 0.25) is 0 Å². The van der Waals surface area contributed by atoms with Crippen molar-refractivity contribution in [2.75, 3.05) is 57.3 Å². The maximum absolute atomic E-state index is 12.3. The molecule has 3 fully saturated rings. The maximum atomic E-state index is 12.3. The first-order valence-electron chi connectivity index (χ1n) is 10.7. The molecule has 150 valence electrons. The van der Waals surface area contributed by atoms with E-state index in [0.29, 0.717) is 0 Å². The van der Waals surface area contributed by atoms with Gasteiger partial charge in [-0.15, -0.1) is 0 Å². The number of thioether (sulfide) groups is 1. The Hall–Kier alpha value is -0.460. The zero-order valence-electron chi connectivity index (χ0n) is 16.6. The average molecular weight is 383 g/mol. The van der Waals surface area contributed by atoms with Gasteiger partial charge in [0.25, 0.3) is 0 Å². The zero-order valence-corrected chi connectivity index (χ0v) is 17.4. The highest BCUT2D eigenvalue weighted by molar-refractivity contribution is 7.99. The van der Waals surface area contributed by atoms with Crippen molar-refractivity contribution in [2.24, 2.45) is 5.92 Å². The summed E-state index contributed by atoms with van der Waals surface area (Å²) >= 11 is 2.06. The summed E-state index contributed by atoms with van der Waals surface area (Å²) in [4.78, 5) is 17.5. The lowest BCUT2D eigenvalue weighted by molar-refractivity contribution is 0.104. The van der Waals surface area contributed by atoms with Crippen LogP contribution in [0.3, 0.4) is 0 Å². The SMILES string of the molecule is CC1CCN(CCCNC(=O)NCC2(N3CCSCC3)CCCC2)CC1. The van der Waals surface area contributed by atoms with Gasteiger partial charge in [0.15, 0.2) is 0 Å². The van der Waals surface area contributed by atoms with Crippen LogP contribution in [0.25, 0.3) is 0 Å². The predicted octanol–water partition coefficient (Wildman–Crippen LogP) is 2.77. The molecule has 1 aliphatic carbocycles. The van der Waals surface area contributed by atoms with Crippen LogP contribution in [0.4, 0.5) is 4.79 Å². The van der Waals surface area contributed by atoms with Crippen LogP contribution in [-0.2, 0) is 0 Å². The number of hydrogen-bond donors (Lipinski definition) is 2. The molecular formula is C20H38N4OS. The van der Waals surface area contributed by atoms with Gasteiger partial charge in [-0.05, 0) is 57.7 Å². The Balaban J connectivity index is 1.32. The van der Waals surface area contributed by atoms with Crippen molar-refractivity contribution < 1.29 is 4.79 Å². The molecule has 0 atom stereocenters. The molecule has 0 aromatic rings. The highest BCUT2D eigenvalue weighted by Gasteiger charge is 2.40. The maximum Gasteiger partial charge on any atom is 0.314 e. The van der Waals surface area contributed by atoms with Gasteiger partial charge in [0.1, 0.15) is 0 Å². The second-order valence-electron chi connectivity index (χ2n) is 8.52. The highest BCUT2D eigenvalue weighted by Crippen LogP contribution is 2.36. The number of nitrogens with one attached hydrogen (secondary N) is 2. The molecule has 0 spiro atoms. The van der Waals surface area contributed by atoms with Gasteiger partial charge in [0, 0.05) is 43.2 Å². The van der Waals surface area contributed by atoms with Crippen molar-refractivity contribution >= 4 is 17.8 Å². The van der Waals surface area contributed by atoms with Crippen LogP contribution in [0, 0.1) is 5.92 Å². The lowest BCUT2D eigenvalue weighted by atomic mass is 9.94. The van der Waals surface area contributed by atoms with Gasteiger partial charge >= 0.3 is 6.03 Å². The van der Waals surface area contributed by atoms with Crippen LogP contribution in [0.5, 0.6) is 0 Å². The fraction of sp³-hybridized carbons (Fsp3) is 0.950. The number of urea groups is 1. The minimum Gasteiger partial charge on any atom is -0.338 e. The third-order valence-corrected chi connectivity index (χ3v) is 7.55. The molecule has 0 unspecified atom stereocenters. The number of likely N-dealkylation sites (tertiary alicyclic amines) is 1. The van der Waals surface area contributed by atoms with Crippen molar-refractivity contribution in [3.8, 4) is 0 Å². The number of hydrogen-bond acceptors (Lipinski definition) is 4. The summed E-state index contributed by atoms with van der Waals surface area (Å²) in [6, 6.07) is 0.0231. The number of nitrogens with zero attached hydrogens (tertiary/aromatic N) is 2. The Morgan fingerprint density at radius 3 is 2.46 bits per heavy atom. The molecule has 3 aliphatic rings. The number of carbonyl (C=O) groups is 1. The normalized spacial score (nSPS) is 25.3. The molecule has 0 aromatic heterocycles. The van der Waals surface area contributed by atoms with E-state index >= 15 is 0 Å². The fourth-order valence-electron chi connectivity index (χ4n) is 4.77. The number of rotatable bonds is 7. The van der Waals surface area contributed by atoms with Gasteiger partial charge in [-0.1, -0.05) is 19.8 Å². The molecule has 2 heterocycles. The molecule has 2 amide bonds. The van der Waals surface area contributed by atoms with E-state index in [4.69, 9.17) is 0 Å². The fourth-order valence-corrected chi connectivity index (χ4v) is 5.68. The van der Waals surface area contributed by atoms with Crippen molar-refractivity contribution in [3.05, 3.63) is 0 Å². The third kappa shape index (κ3) is 5.77. The molecule has 2 N–H and O–H groups in total. The molecule has 6 heteroatoms. The summed E-state index contributed by atoms with van der Waals surface area (Å²) in [6.45, 7) is 9.88. The first kappa shape index (κ1) is 20.3. The Morgan fingerprint density at radius 1 is 1.08 bits per heavy atom. The average Bonchev–Trinajstić information content (AvgIpc) is 3.16. The Kier molecular flexibility index (Phi) is 7.94. The second kappa shape index (κ2) is 10.2. The van der Waals surface area contributed by atoms with Crippen molar-refractivity contribution in [2.45, 2.75) is 57.4 Å². The van der Waals surface area contributed by atoms with E-state index in [1.165, 1.54) is 76.2 Å². The molecule has 5 nitrogen and oxygen atoms in total. The molecule has 2 aliphatic heterocycles. The first-order chi connectivity index (χ1) is 12.7. The van der Waals surface area contributed by atoms with E-state index in [9.17, 15) is 4.79 Å². The topological polar surface area (TPSA) is 47.6 Å². The number of carbonyl (C=O) groups excluding carboxylic acids is 1. The van der Waals surface area contributed by atoms with Crippen molar-refractivity contribution in [1.29, 1.82) is 0 Å². The van der Waals surface area contributed by atoms with Crippen LogP contribution in [0.15, 0.2) is 0 Å². The van der Waals surface area contributed by atoms with Gasteiger partial charge in [-0.25, -0.2) is 4.79 Å². The van der Waals surface area contributed by atoms with E-state index in [1.54, 1.807) is 0 Å². The first-order valence-corrected chi connectivity index (χ1v) is 11.9. The van der Waals surface area contributed by atoms with Gasteiger partial charge in [-0.2, -0.15) is 11.8 Å². The summed E-state index contributed by atoms with van der Waals surface area (Å²) < 4.78 is 0. The lowest BCUT2D eigenvalue weighted by Crippen LogP contribution is -2.57. The molecule has 1 saturated carbocycles. The molecule has 0 aromatic carbocycles. The van der Waals surface area contributed by atoms with Crippen molar-refractivity contribution in [1.82, 2.24) is 20.4 Å². The standard InChI is InChI=1S/C20H38N4OS/c1-18-5-11-23(12-6-18)10-4-9-21-19(25)22-17-20(7-2-3-8-20)24-13-15-26-16-14-24/h18H,2-17H2,1H3,(H2,21,22,25). The monoisotopic (exact) mass is 382 g/mol. The lowest BCUT2D eigenvalue weighted by Gasteiger charge is -2.43. The van der Waals surface area contributed by atoms with E-state index in [-0.39, 0.29) is 11.6 Å². The van der Waals surface area contributed by atoms with Crippen LogP contribution >= 0.6 is 11.8 Å². The Bertz CT molecular complexity index is 428. The van der Waals surface area contributed by atoms with E-state index in [2.05, 4.69) is 39.1 Å². The van der Waals surface area contributed by atoms with Gasteiger partial charge in [-0.3, -0.25) is 4.90 Å². The molecule has 0 radical (unpaired) electrons. The minimum absolute atomic E-state index is 0.0231. The van der Waals surface area contributed by atoms with E-state index in [1.807, 2.05) is 0 Å². The summed E-state index contributed by atoms with van der Waals surface area (Å²) in [5.41, 5.74) is 0.225. The minimum atomic E-state index is 0.0231. The summed E-state index contributed by atoms with van der Waals surface area (Å²) in [6.07, 6.45) is 8.80. The largest absolute Gasteiger partial charge is 0.338 e. The van der Waals surface area contributed by atoms with Gasteiger partial charge in [0.2, 0.25) is 0 Å². The summed E-state index contributed by atoms with van der Waals surface area (Å²) in [7, 11) is 0. The predicted molar refractivity (Wildman–Crippen MR) is 111 cm³/mol. The van der Waals surface area contributed by atoms with Crippen LogP contribution in [0.1, 0.15) is 51.9 Å². The Morgan fingerprint density at radius 2 is 1.77 bits per heavy atom. The Labute approximate surface area is 164 Å². The molecular weight excluding hydrogens is 344 g/mol. The molecule has 26 heavy (non-hydrogen) atoms. The highest BCUT2D eigenvalue weighted by atomic mass is 32.2. The number of piperidine rings is 1. The molecule has 0 bridgehead atoms. The summed E-state index contributed by atoms with van der Waals surface area (Å²) in [5.74, 6) is 3.36. The second-order valence-corrected chi connectivity index (χ2v) is 9.74. The third-order valence-electron chi connectivity index (χ3n) is 6.61. The van der Waals surface area contributed by atoms with Gasteiger partial charge in [0.05, 0.1) is 0 Å². The number of amides is 2. The zero-order chi connectivity index (χ0) is 18.2. The summed E-state index contributed by atoms with van der Waals surface area (Å²) in [5, 5.41) is 6.27. The van der Waals surface area contributed by atoms with Crippen LogP contribution < -0.4 is 10.6 Å². The van der Waals surface area contributed by atoms with Crippen LogP contribution in [-0.4, -0.2) is 78.7 Å². The quantitative estimate of drug-likeness (QED) is 0.665. The van der Waals surface area contributed by atoms with Crippen molar-refractivity contribution in [3.63, 3.8) is 0 Å². The van der Waals surface area contributed by atoms with Gasteiger partial charge < -0.3 is 15.5 Å².